The Labute approximate surface area is 191 Å². The fraction of sp³-hybridized carbons (Fsp3) is 0.136. The van der Waals surface area contributed by atoms with Gasteiger partial charge in [0.1, 0.15) is 29.3 Å². The summed E-state index contributed by atoms with van der Waals surface area (Å²) in [6, 6.07) is 17.1. The lowest BCUT2D eigenvalue weighted by atomic mass is 10.1. The van der Waals surface area contributed by atoms with Gasteiger partial charge in [-0.15, -0.1) is 0 Å². The molecule has 2 aromatic heterocycles. The maximum Gasteiger partial charge on any atom is 0.168 e. The Morgan fingerprint density at radius 2 is 1.77 bits per heavy atom. The maximum absolute atomic E-state index is 14.8. The van der Waals surface area contributed by atoms with Gasteiger partial charge in [-0.2, -0.15) is 5.10 Å². The van der Waals surface area contributed by atoms with Gasteiger partial charge < -0.3 is 10.5 Å². The second kappa shape index (κ2) is 8.23. The van der Waals surface area contributed by atoms with Crippen LogP contribution >= 0.6 is 22.9 Å². The molecular formula is C22H18FIN6O. The summed E-state index contributed by atoms with van der Waals surface area (Å²) in [6.45, 7) is 0.911. The molecule has 7 nitrogen and oxygen atoms in total. The molecule has 0 bridgehead atoms. The van der Waals surface area contributed by atoms with Gasteiger partial charge in [0.05, 0.1) is 11.1 Å². The smallest absolute Gasteiger partial charge is 0.168 e. The molecule has 0 saturated heterocycles. The summed E-state index contributed by atoms with van der Waals surface area (Å²) < 4.78 is 24.1. The second-order valence-electron chi connectivity index (χ2n) is 7.08. The zero-order chi connectivity index (χ0) is 21.4. The molecule has 4 aromatic rings. The molecule has 156 valence electrons. The third-order valence-corrected chi connectivity index (χ3v) is 5.81. The number of nitrogen functional groups attached to an aromatic ring is 1. The Hall–Kier alpha value is -3.05. The van der Waals surface area contributed by atoms with Crippen molar-refractivity contribution >= 4 is 45.4 Å². The Morgan fingerprint density at radius 3 is 2.52 bits per heavy atom. The number of benzene rings is 2. The zero-order valence-electron chi connectivity index (χ0n) is 16.3. The number of anilines is 1. The molecule has 1 unspecified atom stereocenters. The summed E-state index contributed by atoms with van der Waals surface area (Å²) in [6.07, 6.45) is 2.02. The predicted octanol–water partition coefficient (Wildman–Crippen LogP) is 4.71. The van der Waals surface area contributed by atoms with Crippen molar-refractivity contribution in [1.82, 2.24) is 22.9 Å². The number of para-hydroxylation sites is 1. The maximum atomic E-state index is 14.8. The van der Waals surface area contributed by atoms with E-state index in [4.69, 9.17) is 15.6 Å². The summed E-state index contributed by atoms with van der Waals surface area (Å²) in [4.78, 5) is 8.47. The number of aromatic nitrogens is 4. The number of alkyl halides is 1. The summed E-state index contributed by atoms with van der Waals surface area (Å²) in [5, 5.41) is 5.30. The average Bonchev–Trinajstić information content (AvgIpc) is 3.16. The van der Waals surface area contributed by atoms with E-state index in [1.54, 1.807) is 4.68 Å². The molecule has 0 fully saturated rings. The van der Waals surface area contributed by atoms with Gasteiger partial charge in [0, 0.05) is 41.5 Å². The van der Waals surface area contributed by atoms with Crippen LogP contribution in [0, 0.1) is 0 Å². The number of nitrogens with two attached hydrogens (primary N) is 1. The number of hydrogen-bond acceptors (Lipinski definition) is 6. The highest BCUT2D eigenvalue weighted by Crippen LogP contribution is 2.34. The lowest BCUT2D eigenvalue weighted by Gasteiger charge is -2.23. The van der Waals surface area contributed by atoms with E-state index in [-0.39, 0.29) is 6.54 Å². The second-order valence-corrected chi connectivity index (χ2v) is 8.45. The van der Waals surface area contributed by atoms with E-state index in [0.717, 1.165) is 11.3 Å². The first-order valence-electron chi connectivity index (χ1n) is 9.68. The number of rotatable bonds is 4. The highest BCUT2D eigenvalue weighted by atomic mass is 127. The van der Waals surface area contributed by atoms with Crippen LogP contribution in [-0.2, 0) is 0 Å². The van der Waals surface area contributed by atoms with Crippen LogP contribution in [0.2, 0.25) is 0 Å². The molecule has 9 heteroatoms. The first-order valence-corrected chi connectivity index (χ1v) is 10.6. The number of ether oxygens (including phenoxy) is 1. The van der Waals surface area contributed by atoms with Crippen molar-refractivity contribution in [2.75, 3.05) is 18.8 Å². The highest BCUT2D eigenvalue weighted by molar-refractivity contribution is 14.1. The summed E-state index contributed by atoms with van der Waals surface area (Å²) in [7, 11) is 0. The normalized spacial score (nSPS) is 17.0. The van der Waals surface area contributed by atoms with Gasteiger partial charge in [0.15, 0.2) is 11.8 Å². The van der Waals surface area contributed by atoms with Crippen molar-refractivity contribution in [2.24, 2.45) is 0 Å². The highest BCUT2D eigenvalue weighted by Gasteiger charge is 2.27. The van der Waals surface area contributed by atoms with E-state index in [0.29, 0.717) is 40.5 Å². The number of fused-ring (bicyclic) bond motifs is 1. The molecule has 1 aliphatic heterocycles. The predicted molar refractivity (Wildman–Crippen MR) is 126 cm³/mol. The van der Waals surface area contributed by atoms with Crippen molar-refractivity contribution in [3.63, 3.8) is 0 Å². The summed E-state index contributed by atoms with van der Waals surface area (Å²) >= 11 is 2.11. The monoisotopic (exact) mass is 528 g/mol. The van der Waals surface area contributed by atoms with Gasteiger partial charge in [-0.1, -0.05) is 18.2 Å². The Balaban J connectivity index is 1.56. The molecule has 2 N–H and O–H groups in total. The van der Waals surface area contributed by atoms with Crippen LogP contribution in [0.3, 0.4) is 0 Å². The topological polar surface area (TPSA) is 82.1 Å². The molecule has 5 rings (SSSR count). The zero-order valence-corrected chi connectivity index (χ0v) is 18.5. The molecule has 0 aliphatic carbocycles. The van der Waals surface area contributed by atoms with Crippen LogP contribution in [0.25, 0.3) is 28.0 Å². The molecule has 0 spiro atoms. The largest absolute Gasteiger partial charge is 0.457 e. The third kappa shape index (κ3) is 3.86. The standard InChI is InChI=1S/C22H18FIN6O/c23-17-12-29(24)11-10-18(17)30-22-19(21(25)26-13-27-22)20(28-30)14-6-8-16(9-7-14)31-15-4-2-1-3-5-15/h1-10,13,17H,11-12H2,(H2,25,26,27). The van der Waals surface area contributed by atoms with E-state index >= 15 is 0 Å². The van der Waals surface area contributed by atoms with Crippen LogP contribution in [0.5, 0.6) is 11.5 Å². The van der Waals surface area contributed by atoms with Gasteiger partial charge >= 0.3 is 0 Å². The fourth-order valence-corrected chi connectivity index (χ4v) is 4.09. The van der Waals surface area contributed by atoms with E-state index in [2.05, 4.69) is 32.8 Å². The average molecular weight is 528 g/mol. The van der Waals surface area contributed by atoms with Crippen molar-refractivity contribution < 1.29 is 9.13 Å². The molecular weight excluding hydrogens is 510 g/mol. The van der Waals surface area contributed by atoms with Crippen LogP contribution in [0.1, 0.15) is 0 Å². The minimum absolute atomic E-state index is 0.287. The van der Waals surface area contributed by atoms with E-state index < -0.39 is 6.17 Å². The SMILES string of the molecule is Nc1ncnc2c1c(-c1ccc(Oc3ccccc3)cc1)nn2C1=CCN(I)CC1F. The minimum Gasteiger partial charge on any atom is -0.457 e. The van der Waals surface area contributed by atoms with E-state index in [9.17, 15) is 4.39 Å². The van der Waals surface area contributed by atoms with Gasteiger partial charge in [0.25, 0.3) is 0 Å². The lowest BCUT2D eigenvalue weighted by Crippen LogP contribution is -2.30. The Morgan fingerprint density at radius 1 is 1.03 bits per heavy atom. The molecule has 31 heavy (non-hydrogen) atoms. The molecule has 0 saturated carbocycles. The van der Waals surface area contributed by atoms with Crippen molar-refractivity contribution in [2.45, 2.75) is 6.17 Å². The quantitative estimate of drug-likeness (QED) is 0.305. The first kappa shape index (κ1) is 19.9. The molecule has 1 aliphatic rings. The Kier molecular flexibility index (Phi) is 5.28. The molecule has 1 atom stereocenters. The van der Waals surface area contributed by atoms with Gasteiger partial charge in [-0.3, -0.25) is 0 Å². The molecule has 0 radical (unpaired) electrons. The molecule has 2 aromatic carbocycles. The van der Waals surface area contributed by atoms with Gasteiger partial charge in [-0.05, 0) is 42.5 Å². The van der Waals surface area contributed by atoms with Crippen LogP contribution in [0.4, 0.5) is 10.2 Å². The van der Waals surface area contributed by atoms with Crippen LogP contribution in [-0.4, -0.2) is 42.1 Å². The van der Waals surface area contributed by atoms with Crippen LogP contribution in [0.15, 0.2) is 67.0 Å². The minimum atomic E-state index is -1.18. The van der Waals surface area contributed by atoms with Gasteiger partial charge in [0.2, 0.25) is 0 Å². The van der Waals surface area contributed by atoms with Crippen molar-refractivity contribution in [1.29, 1.82) is 0 Å². The first-order chi connectivity index (χ1) is 15.1. The van der Waals surface area contributed by atoms with Crippen molar-refractivity contribution in [3.05, 3.63) is 67.0 Å². The number of halogens is 2. The van der Waals surface area contributed by atoms with Crippen LogP contribution < -0.4 is 10.5 Å². The third-order valence-electron chi connectivity index (χ3n) is 5.02. The fourth-order valence-electron chi connectivity index (χ4n) is 3.54. The summed E-state index contributed by atoms with van der Waals surface area (Å²) in [5.41, 5.74) is 8.54. The number of nitrogens with zero attached hydrogens (tertiary/aromatic N) is 5. The van der Waals surface area contributed by atoms with E-state index in [1.165, 1.54) is 6.33 Å². The summed E-state index contributed by atoms with van der Waals surface area (Å²) in [5.74, 6) is 1.76. The Bertz CT molecular complexity index is 1260. The molecule has 0 amide bonds. The van der Waals surface area contributed by atoms with E-state index in [1.807, 2.05) is 63.8 Å². The van der Waals surface area contributed by atoms with Crippen molar-refractivity contribution in [3.8, 4) is 22.8 Å². The number of hydrogen-bond donors (Lipinski definition) is 1. The lowest BCUT2D eigenvalue weighted by molar-refractivity contribution is 0.332. The van der Waals surface area contributed by atoms with Gasteiger partial charge in [-0.25, -0.2) is 22.2 Å². The molecule has 3 heterocycles.